The lowest BCUT2D eigenvalue weighted by Crippen LogP contribution is -2.23. The first-order valence-electron chi connectivity index (χ1n) is 4.89. The molecule has 14 heavy (non-hydrogen) atoms. The molecule has 1 fully saturated rings. The zero-order chi connectivity index (χ0) is 10.2. The van der Waals surface area contributed by atoms with Crippen LogP contribution in [0.5, 0.6) is 0 Å². The second kappa shape index (κ2) is 3.39. The van der Waals surface area contributed by atoms with Gasteiger partial charge in [0.25, 0.3) is 0 Å². The number of aryl methyl sites for hydroxylation is 2. The maximum Gasteiger partial charge on any atom is 0.0788 e. The molecule has 1 aromatic carbocycles. The smallest absolute Gasteiger partial charge is 0.0788 e. The Balaban J connectivity index is 2.52. The van der Waals surface area contributed by atoms with Crippen LogP contribution in [0.25, 0.3) is 0 Å². The van der Waals surface area contributed by atoms with Crippen molar-refractivity contribution in [2.24, 2.45) is 4.36 Å². The highest BCUT2D eigenvalue weighted by atomic mass is 32.2. The van der Waals surface area contributed by atoms with Crippen molar-refractivity contribution < 1.29 is 4.21 Å². The van der Waals surface area contributed by atoms with Crippen molar-refractivity contribution in [3.63, 3.8) is 0 Å². The monoisotopic (exact) mass is 209 g/mol. The van der Waals surface area contributed by atoms with E-state index in [1.807, 2.05) is 32.0 Å². The molecular weight excluding hydrogens is 194 g/mol. The first kappa shape index (κ1) is 9.71. The third kappa shape index (κ3) is 1.69. The van der Waals surface area contributed by atoms with Gasteiger partial charge >= 0.3 is 0 Å². The first-order valence-corrected chi connectivity index (χ1v) is 6.75. The van der Waals surface area contributed by atoms with Crippen LogP contribution in [0.1, 0.15) is 17.5 Å². The molecule has 0 saturated carbocycles. The molecule has 0 spiro atoms. The Morgan fingerprint density at radius 3 is 2.21 bits per heavy atom. The molecule has 0 radical (unpaired) electrons. The Bertz CT molecular complexity index is 440. The van der Waals surface area contributed by atoms with E-state index in [0.717, 1.165) is 34.7 Å². The van der Waals surface area contributed by atoms with Gasteiger partial charge in [0, 0.05) is 11.5 Å². The van der Waals surface area contributed by atoms with Gasteiger partial charge < -0.3 is 0 Å². The van der Waals surface area contributed by atoms with Crippen LogP contribution in [0.2, 0.25) is 0 Å². The van der Waals surface area contributed by atoms with Gasteiger partial charge in [-0.2, -0.15) is 4.36 Å². The predicted octanol–water partition coefficient (Wildman–Crippen LogP) is 2.81. The molecule has 0 aromatic heterocycles. The standard InChI is InChI=1S/C11H15NOS/c1-9-5-3-6-10(2)11(9)12-14(13)7-4-8-14/h3,5-6H,4,7-8H2,1-2H3. The van der Waals surface area contributed by atoms with Gasteiger partial charge in [-0.05, 0) is 31.4 Å². The molecular formula is C11H15NOS. The quantitative estimate of drug-likeness (QED) is 0.699. The molecule has 1 saturated heterocycles. The molecule has 3 heteroatoms. The van der Waals surface area contributed by atoms with Gasteiger partial charge in [0.2, 0.25) is 0 Å². The van der Waals surface area contributed by atoms with Crippen LogP contribution in [0.3, 0.4) is 0 Å². The van der Waals surface area contributed by atoms with Gasteiger partial charge in [-0.3, -0.25) is 0 Å². The van der Waals surface area contributed by atoms with Crippen LogP contribution in [0.4, 0.5) is 5.69 Å². The molecule has 1 heterocycles. The van der Waals surface area contributed by atoms with Gasteiger partial charge in [0.15, 0.2) is 0 Å². The zero-order valence-electron chi connectivity index (χ0n) is 8.62. The van der Waals surface area contributed by atoms with E-state index in [-0.39, 0.29) is 0 Å². The Hall–Kier alpha value is -0.830. The van der Waals surface area contributed by atoms with Gasteiger partial charge in [-0.1, -0.05) is 18.2 Å². The minimum atomic E-state index is -1.86. The lowest BCUT2D eigenvalue weighted by Gasteiger charge is -2.19. The molecule has 0 amide bonds. The summed E-state index contributed by atoms with van der Waals surface area (Å²) >= 11 is 0. The van der Waals surface area contributed by atoms with Crippen LogP contribution in [0, 0.1) is 13.8 Å². The summed E-state index contributed by atoms with van der Waals surface area (Å²) in [4.78, 5) is 0. The van der Waals surface area contributed by atoms with Crippen molar-refractivity contribution in [1.82, 2.24) is 0 Å². The van der Waals surface area contributed by atoms with E-state index in [0.29, 0.717) is 0 Å². The second-order valence-electron chi connectivity index (χ2n) is 3.87. The van der Waals surface area contributed by atoms with E-state index in [1.165, 1.54) is 0 Å². The molecule has 0 atom stereocenters. The number of hydrogen-bond donors (Lipinski definition) is 0. The SMILES string of the molecule is Cc1cccc(C)c1N=S1(=O)CCC1. The Morgan fingerprint density at radius 1 is 1.21 bits per heavy atom. The van der Waals surface area contributed by atoms with Crippen molar-refractivity contribution >= 4 is 15.4 Å². The van der Waals surface area contributed by atoms with Gasteiger partial charge in [0.05, 0.1) is 15.4 Å². The lowest BCUT2D eigenvalue weighted by atomic mass is 10.1. The van der Waals surface area contributed by atoms with Crippen LogP contribution < -0.4 is 0 Å². The largest absolute Gasteiger partial charge is 0.249 e. The predicted molar refractivity (Wildman–Crippen MR) is 60.5 cm³/mol. The topological polar surface area (TPSA) is 29.4 Å². The van der Waals surface area contributed by atoms with E-state index < -0.39 is 9.73 Å². The number of benzene rings is 1. The molecule has 1 aliphatic heterocycles. The maximum atomic E-state index is 11.9. The molecule has 2 nitrogen and oxygen atoms in total. The summed E-state index contributed by atoms with van der Waals surface area (Å²) in [6, 6.07) is 6.05. The van der Waals surface area contributed by atoms with Gasteiger partial charge in [-0.15, -0.1) is 0 Å². The normalized spacial score (nSPS) is 18.7. The molecule has 0 N–H and O–H groups in total. The summed E-state index contributed by atoms with van der Waals surface area (Å²) in [6.45, 7) is 4.04. The summed E-state index contributed by atoms with van der Waals surface area (Å²) in [5, 5.41) is 0. The lowest BCUT2D eigenvalue weighted by molar-refractivity contribution is 0.663. The van der Waals surface area contributed by atoms with Crippen LogP contribution >= 0.6 is 0 Å². The second-order valence-corrected chi connectivity index (χ2v) is 6.41. The highest BCUT2D eigenvalue weighted by Crippen LogP contribution is 2.27. The molecule has 1 aliphatic rings. The minimum Gasteiger partial charge on any atom is -0.249 e. The summed E-state index contributed by atoms with van der Waals surface area (Å²) < 4.78 is 16.4. The van der Waals surface area contributed by atoms with Crippen LogP contribution in [-0.2, 0) is 9.73 Å². The number of rotatable bonds is 1. The summed E-state index contributed by atoms with van der Waals surface area (Å²) in [5.74, 6) is 1.56. The van der Waals surface area contributed by atoms with Gasteiger partial charge in [0.1, 0.15) is 0 Å². The fourth-order valence-electron chi connectivity index (χ4n) is 1.60. The van der Waals surface area contributed by atoms with E-state index in [1.54, 1.807) is 0 Å². The molecule has 0 aliphatic carbocycles. The van der Waals surface area contributed by atoms with E-state index in [9.17, 15) is 4.21 Å². The zero-order valence-corrected chi connectivity index (χ0v) is 9.43. The van der Waals surface area contributed by atoms with Crippen molar-refractivity contribution in [3.05, 3.63) is 29.3 Å². The third-order valence-corrected chi connectivity index (χ3v) is 4.99. The fourth-order valence-corrected chi connectivity index (χ4v) is 3.18. The molecule has 76 valence electrons. The summed E-state index contributed by atoms with van der Waals surface area (Å²) in [7, 11) is -1.86. The molecule has 0 unspecified atom stereocenters. The third-order valence-electron chi connectivity index (χ3n) is 2.62. The Labute approximate surface area is 85.5 Å². The summed E-state index contributed by atoms with van der Waals surface area (Å²) in [5.41, 5.74) is 3.19. The van der Waals surface area contributed by atoms with Crippen molar-refractivity contribution in [1.29, 1.82) is 0 Å². The molecule has 2 rings (SSSR count). The van der Waals surface area contributed by atoms with Crippen molar-refractivity contribution in [2.75, 3.05) is 11.5 Å². The van der Waals surface area contributed by atoms with Crippen LogP contribution in [0.15, 0.2) is 22.6 Å². The van der Waals surface area contributed by atoms with Crippen LogP contribution in [-0.4, -0.2) is 15.7 Å². The molecule has 1 aromatic rings. The number of hydrogen-bond acceptors (Lipinski definition) is 2. The maximum absolute atomic E-state index is 11.9. The average Bonchev–Trinajstić information content (AvgIpc) is 2.09. The van der Waals surface area contributed by atoms with E-state index >= 15 is 0 Å². The Morgan fingerprint density at radius 2 is 1.79 bits per heavy atom. The van der Waals surface area contributed by atoms with E-state index in [2.05, 4.69) is 4.36 Å². The number of nitrogens with zero attached hydrogens (tertiary/aromatic N) is 1. The molecule has 0 bridgehead atoms. The first-order chi connectivity index (χ1) is 6.61. The summed E-state index contributed by atoms with van der Waals surface area (Å²) in [6.07, 6.45) is 1.06. The van der Waals surface area contributed by atoms with E-state index in [4.69, 9.17) is 0 Å². The highest BCUT2D eigenvalue weighted by molar-refractivity contribution is 7.95. The fraction of sp³-hybridized carbons (Fsp3) is 0.455. The highest BCUT2D eigenvalue weighted by Gasteiger charge is 2.19. The Kier molecular flexibility index (Phi) is 2.35. The van der Waals surface area contributed by atoms with Gasteiger partial charge in [-0.25, -0.2) is 4.21 Å². The average molecular weight is 209 g/mol. The minimum absolute atomic E-state index is 0.779. The van der Waals surface area contributed by atoms with Crippen molar-refractivity contribution in [2.45, 2.75) is 20.3 Å². The van der Waals surface area contributed by atoms with Crippen molar-refractivity contribution in [3.8, 4) is 0 Å².